The molecular formula is C14H20N2O4S. The fourth-order valence-electron chi connectivity index (χ4n) is 2.45. The molecule has 0 radical (unpaired) electrons. The standard InChI is InChI=1S/C14H20N2O4S/c1-15(8-11-4-3-5-21-11)13(18)9-16-7-10(17)6-12(16)14(19)20-2/h3-5,10,12,17H,6-9H2,1-2H3. The van der Waals surface area contributed by atoms with E-state index in [-0.39, 0.29) is 12.5 Å². The Labute approximate surface area is 127 Å². The van der Waals surface area contributed by atoms with Crippen molar-refractivity contribution in [1.82, 2.24) is 9.80 Å². The van der Waals surface area contributed by atoms with Gasteiger partial charge in [0.25, 0.3) is 0 Å². The molecule has 0 saturated carbocycles. The predicted molar refractivity (Wildman–Crippen MR) is 78.8 cm³/mol. The summed E-state index contributed by atoms with van der Waals surface area (Å²) in [5.41, 5.74) is 0. The van der Waals surface area contributed by atoms with E-state index in [0.717, 1.165) is 4.88 Å². The molecule has 0 aliphatic carbocycles. The first-order valence-corrected chi connectivity index (χ1v) is 7.65. The molecule has 1 aliphatic heterocycles. The number of thiophene rings is 1. The van der Waals surface area contributed by atoms with Gasteiger partial charge in [-0.3, -0.25) is 14.5 Å². The number of esters is 1. The second kappa shape index (κ2) is 7.02. The number of amides is 1. The van der Waals surface area contributed by atoms with Gasteiger partial charge in [-0.15, -0.1) is 11.3 Å². The maximum atomic E-state index is 12.2. The molecule has 1 aliphatic rings. The van der Waals surface area contributed by atoms with Crippen LogP contribution in [0.1, 0.15) is 11.3 Å². The van der Waals surface area contributed by atoms with Crippen LogP contribution in [0.4, 0.5) is 0 Å². The summed E-state index contributed by atoms with van der Waals surface area (Å²) in [6.45, 7) is 0.979. The highest BCUT2D eigenvalue weighted by Gasteiger charge is 2.37. The number of nitrogens with zero attached hydrogens (tertiary/aromatic N) is 2. The molecule has 1 fully saturated rings. The van der Waals surface area contributed by atoms with E-state index in [1.54, 1.807) is 28.2 Å². The van der Waals surface area contributed by atoms with Crippen LogP contribution in [-0.4, -0.2) is 66.2 Å². The average Bonchev–Trinajstić information content (AvgIpc) is 3.07. The van der Waals surface area contributed by atoms with Crippen molar-refractivity contribution in [2.24, 2.45) is 0 Å². The van der Waals surface area contributed by atoms with Crippen molar-refractivity contribution in [1.29, 1.82) is 0 Å². The third-order valence-electron chi connectivity index (χ3n) is 3.59. The number of carbonyl (C=O) groups excluding carboxylic acids is 2. The van der Waals surface area contributed by atoms with Crippen LogP contribution < -0.4 is 0 Å². The molecule has 0 spiro atoms. The molecule has 116 valence electrons. The Bertz CT molecular complexity index is 491. The lowest BCUT2D eigenvalue weighted by Gasteiger charge is -2.24. The van der Waals surface area contributed by atoms with Gasteiger partial charge < -0.3 is 14.7 Å². The highest BCUT2D eigenvalue weighted by Crippen LogP contribution is 2.19. The molecule has 0 aromatic carbocycles. The van der Waals surface area contributed by atoms with Crippen molar-refractivity contribution >= 4 is 23.2 Å². The Morgan fingerprint density at radius 1 is 1.57 bits per heavy atom. The van der Waals surface area contributed by atoms with Gasteiger partial charge in [0.2, 0.25) is 5.91 Å². The van der Waals surface area contributed by atoms with Crippen molar-refractivity contribution in [3.05, 3.63) is 22.4 Å². The number of ether oxygens (including phenoxy) is 1. The van der Waals surface area contributed by atoms with E-state index in [1.165, 1.54) is 7.11 Å². The number of likely N-dealkylation sites (N-methyl/N-ethyl adjacent to an activating group) is 1. The summed E-state index contributed by atoms with van der Waals surface area (Å²) in [6, 6.07) is 3.39. The van der Waals surface area contributed by atoms with Crippen LogP contribution in [-0.2, 0) is 20.9 Å². The lowest BCUT2D eigenvalue weighted by molar-refractivity contribution is -0.146. The summed E-state index contributed by atoms with van der Waals surface area (Å²) in [6.07, 6.45) is -0.279. The van der Waals surface area contributed by atoms with Crippen molar-refractivity contribution in [2.45, 2.75) is 25.1 Å². The van der Waals surface area contributed by atoms with Crippen LogP contribution in [0.15, 0.2) is 17.5 Å². The number of likely N-dealkylation sites (tertiary alicyclic amines) is 1. The Morgan fingerprint density at radius 3 is 2.95 bits per heavy atom. The number of aliphatic hydroxyl groups is 1. The first-order chi connectivity index (χ1) is 10.0. The molecule has 1 amide bonds. The van der Waals surface area contributed by atoms with E-state index >= 15 is 0 Å². The van der Waals surface area contributed by atoms with Crippen LogP contribution in [0.2, 0.25) is 0 Å². The quantitative estimate of drug-likeness (QED) is 0.793. The van der Waals surface area contributed by atoms with E-state index in [9.17, 15) is 14.7 Å². The Balaban J connectivity index is 1.92. The van der Waals surface area contributed by atoms with Gasteiger partial charge in [0.15, 0.2) is 0 Å². The normalized spacial score (nSPS) is 22.2. The van der Waals surface area contributed by atoms with Crippen LogP contribution >= 0.6 is 11.3 Å². The molecule has 6 nitrogen and oxygen atoms in total. The molecule has 1 aromatic heterocycles. The fourth-order valence-corrected chi connectivity index (χ4v) is 3.21. The van der Waals surface area contributed by atoms with Crippen molar-refractivity contribution in [3.8, 4) is 0 Å². The zero-order valence-electron chi connectivity index (χ0n) is 12.2. The van der Waals surface area contributed by atoms with E-state index in [4.69, 9.17) is 4.74 Å². The number of rotatable bonds is 5. The summed E-state index contributed by atoms with van der Waals surface area (Å²) >= 11 is 1.60. The van der Waals surface area contributed by atoms with E-state index in [0.29, 0.717) is 19.5 Å². The molecule has 1 N–H and O–H groups in total. The minimum atomic E-state index is -0.593. The monoisotopic (exact) mass is 312 g/mol. The van der Waals surface area contributed by atoms with Crippen LogP contribution in [0.25, 0.3) is 0 Å². The summed E-state index contributed by atoms with van der Waals surface area (Å²) in [5, 5.41) is 11.7. The van der Waals surface area contributed by atoms with Crippen molar-refractivity contribution in [2.75, 3.05) is 27.2 Å². The van der Waals surface area contributed by atoms with Gasteiger partial charge in [0.05, 0.1) is 26.3 Å². The highest BCUT2D eigenvalue weighted by atomic mass is 32.1. The summed E-state index contributed by atoms with van der Waals surface area (Å²) in [4.78, 5) is 28.3. The van der Waals surface area contributed by atoms with Gasteiger partial charge in [0.1, 0.15) is 6.04 Å². The fraction of sp³-hybridized carbons (Fsp3) is 0.571. The number of carbonyl (C=O) groups is 2. The summed E-state index contributed by atoms with van der Waals surface area (Å²) in [7, 11) is 3.05. The second-order valence-electron chi connectivity index (χ2n) is 5.19. The Kier molecular flexibility index (Phi) is 5.33. The van der Waals surface area contributed by atoms with Gasteiger partial charge in [-0.05, 0) is 11.4 Å². The Hall–Kier alpha value is -1.44. The molecule has 21 heavy (non-hydrogen) atoms. The average molecular weight is 312 g/mol. The first-order valence-electron chi connectivity index (χ1n) is 6.77. The summed E-state index contributed by atoms with van der Waals surface area (Å²) < 4.78 is 4.73. The van der Waals surface area contributed by atoms with Crippen LogP contribution in [0, 0.1) is 0 Å². The number of methoxy groups -OCH3 is 1. The number of β-amino-alcohol motifs (C(OH)–C–C–N with tert-alkyl or cyclic N) is 1. The topological polar surface area (TPSA) is 70.1 Å². The van der Waals surface area contributed by atoms with E-state index in [1.807, 2.05) is 17.5 Å². The number of aliphatic hydroxyl groups excluding tert-OH is 1. The minimum Gasteiger partial charge on any atom is -0.468 e. The first kappa shape index (κ1) is 15.9. The molecule has 7 heteroatoms. The van der Waals surface area contributed by atoms with Crippen molar-refractivity contribution < 1.29 is 19.4 Å². The van der Waals surface area contributed by atoms with Crippen LogP contribution in [0.5, 0.6) is 0 Å². The maximum absolute atomic E-state index is 12.2. The number of hydrogen-bond acceptors (Lipinski definition) is 6. The number of hydrogen-bond donors (Lipinski definition) is 1. The molecule has 2 unspecified atom stereocenters. The minimum absolute atomic E-state index is 0.0774. The molecule has 2 heterocycles. The predicted octanol–water partition coefficient (Wildman–Crippen LogP) is 0.315. The van der Waals surface area contributed by atoms with E-state index in [2.05, 4.69) is 0 Å². The molecule has 1 aromatic rings. The van der Waals surface area contributed by atoms with E-state index < -0.39 is 18.1 Å². The molecule has 1 saturated heterocycles. The third-order valence-corrected chi connectivity index (χ3v) is 4.45. The van der Waals surface area contributed by atoms with Gasteiger partial charge in [-0.2, -0.15) is 0 Å². The molecular weight excluding hydrogens is 292 g/mol. The maximum Gasteiger partial charge on any atom is 0.323 e. The van der Waals surface area contributed by atoms with Gasteiger partial charge in [-0.1, -0.05) is 6.07 Å². The smallest absolute Gasteiger partial charge is 0.323 e. The Morgan fingerprint density at radius 2 is 2.33 bits per heavy atom. The van der Waals surface area contributed by atoms with Crippen LogP contribution in [0.3, 0.4) is 0 Å². The third kappa shape index (κ3) is 4.03. The zero-order chi connectivity index (χ0) is 15.4. The van der Waals surface area contributed by atoms with Gasteiger partial charge in [-0.25, -0.2) is 0 Å². The van der Waals surface area contributed by atoms with Gasteiger partial charge in [0, 0.05) is 24.9 Å². The second-order valence-corrected chi connectivity index (χ2v) is 6.22. The molecule has 2 atom stereocenters. The molecule has 0 bridgehead atoms. The highest BCUT2D eigenvalue weighted by molar-refractivity contribution is 7.09. The lowest BCUT2D eigenvalue weighted by atomic mass is 10.2. The zero-order valence-corrected chi connectivity index (χ0v) is 13.0. The largest absolute Gasteiger partial charge is 0.468 e. The molecule has 2 rings (SSSR count). The van der Waals surface area contributed by atoms with Crippen molar-refractivity contribution in [3.63, 3.8) is 0 Å². The van der Waals surface area contributed by atoms with Gasteiger partial charge >= 0.3 is 5.97 Å². The SMILES string of the molecule is COC(=O)C1CC(O)CN1CC(=O)N(C)Cc1cccs1. The summed E-state index contributed by atoms with van der Waals surface area (Å²) in [5.74, 6) is -0.480. The lowest BCUT2D eigenvalue weighted by Crippen LogP contribution is -2.43.